The molecule has 8 heteroatoms. The maximum absolute atomic E-state index is 14.0. The number of likely N-dealkylation sites (N-methyl/N-ethyl adjacent to an activating group) is 1. The normalized spacial score (nSPS) is 34.3. The summed E-state index contributed by atoms with van der Waals surface area (Å²) in [5, 5.41) is 9.14. The van der Waals surface area contributed by atoms with Crippen molar-refractivity contribution in [2.24, 2.45) is 11.8 Å². The summed E-state index contributed by atoms with van der Waals surface area (Å²) in [6, 6.07) is -0.729. The predicted octanol–water partition coefficient (Wildman–Crippen LogP) is 1.35. The van der Waals surface area contributed by atoms with Gasteiger partial charge in [0.2, 0.25) is 17.7 Å². The number of unbranched alkanes of at least 4 members (excludes halogenated alkanes) is 2. The quantitative estimate of drug-likeness (QED) is 0.437. The minimum atomic E-state index is -1.14. The van der Waals surface area contributed by atoms with Gasteiger partial charge in [-0.1, -0.05) is 37.6 Å². The molecule has 4 rings (SSSR count). The standard InChI is InChI=1S/C25H37N3O5/c1-4-10-17(2)27-15-9-12-25-20(19-18(33-25)11-8-13-26(3)22(19)30)23(31)28(21(25)24(27)32)14-6-5-7-16-29/h8-9,11-12,17-21,29H,4-7,10,13-16H2,1-3H3/t17?,18-,19+,20+,21?,25+/m1/s1. The van der Waals surface area contributed by atoms with Crippen molar-refractivity contribution >= 4 is 17.7 Å². The zero-order chi connectivity index (χ0) is 23.8. The van der Waals surface area contributed by atoms with E-state index in [1.165, 1.54) is 0 Å². The second-order valence-electron chi connectivity index (χ2n) is 9.84. The number of nitrogens with zero attached hydrogens (tertiary/aromatic N) is 3. The van der Waals surface area contributed by atoms with E-state index in [9.17, 15) is 14.4 Å². The smallest absolute Gasteiger partial charge is 0.249 e. The Bertz CT molecular complexity index is 842. The van der Waals surface area contributed by atoms with Gasteiger partial charge in [0.05, 0.1) is 17.9 Å². The van der Waals surface area contributed by atoms with Gasteiger partial charge in [-0.05, 0) is 32.6 Å². The van der Waals surface area contributed by atoms with Gasteiger partial charge in [0, 0.05) is 39.3 Å². The molecule has 4 aliphatic rings. The zero-order valence-electron chi connectivity index (χ0n) is 20.0. The van der Waals surface area contributed by atoms with Gasteiger partial charge in [-0.15, -0.1) is 0 Å². The average Bonchev–Trinajstić information content (AvgIpc) is 3.10. The van der Waals surface area contributed by atoms with Crippen molar-refractivity contribution < 1.29 is 24.2 Å². The molecule has 0 aromatic rings. The fraction of sp³-hybridized carbons (Fsp3) is 0.720. The van der Waals surface area contributed by atoms with Crippen LogP contribution in [0.3, 0.4) is 0 Å². The highest BCUT2D eigenvalue weighted by Crippen LogP contribution is 2.53. The first-order chi connectivity index (χ1) is 15.9. The average molecular weight is 460 g/mol. The number of amides is 3. The van der Waals surface area contributed by atoms with Crippen LogP contribution in [-0.2, 0) is 19.1 Å². The molecular formula is C25H37N3O5. The number of likely N-dealkylation sites (tertiary alicyclic amines) is 1. The van der Waals surface area contributed by atoms with Crippen molar-refractivity contribution in [1.29, 1.82) is 0 Å². The first-order valence-corrected chi connectivity index (χ1v) is 12.4. The molecule has 0 radical (unpaired) electrons. The summed E-state index contributed by atoms with van der Waals surface area (Å²) in [5.41, 5.74) is -1.14. The molecule has 1 N–H and O–H groups in total. The highest BCUT2D eigenvalue weighted by atomic mass is 16.5. The highest BCUT2D eigenvalue weighted by Gasteiger charge is 2.71. The van der Waals surface area contributed by atoms with E-state index >= 15 is 0 Å². The number of carbonyl (C=O) groups excluding carboxylic acids is 3. The van der Waals surface area contributed by atoms with Crippen LogP contribution in [0.15, 0.2) is 24.3 Å². The molecule has 1 spiro atoms. The molecule has 2 saturated heterocycles. The van der Waals surface area contributed by atoms with Gasteiger partial charge in [0.25, 0.3) is 0 Å². The monoisotopic (exact) mass is 459 g/mol. The Labute approximate surface area is 196 Å². The largest absolute Gasteiger partial charge is 0.396 e. The Morgan fingerprint density at radius 3 is 2.64 bits per heavy atom. The summed E-state index contributed by atoms with van der Waals surface area (Å²) >= 11 is 0. The molecule has 0 aliphatic carbocycles. The van der Waals surface area contributed by atoms with Crippen LogP contribution >= 0.6 is 0 Å². The Kier molecular flexibility index (Phi) is 6.96. The molecule has 2 unspecified atom stereocenters. The number of ether oxygens (including phenoxy) is 1. The number of hydrogen-bond donors (Lipinski definition) is 1. The first kappa shape index (κ1) is 24.0. The second kappa shape index (κ2) is 9.58. The fourth-order valence-corrected chi connectivity index (χ4v) is 6.06. The van der Waals surface area contributed by atoms with Crippen LogP contribution < -0.4 is 0 Å². The van der Waals surface area contributed by atoms with Gasteiger partial charge in [-0.25, -0.2) is 0 Å². The first-order valence-electron chi connectivity index (χ1n) is 12.4. The van der Waals surface area contributed by atoms with E-state index in [-0.39, 0.29) is 30.4 Å². The Balaban J connectivity index is 1.74. The number of carbonyl (C=O) groups is 3. The van der Waals surface area contributed by atoms with Crippen molar-refractivity contribution in [3.8, 4) is 0 Å². The van der Waals surface area contributed by atoms with Gasteiger partial charge >= 0.3 is 0 Å². The summed E-state index contributed by atoms with van der Waals surface area (Å²) in [7, 11) is 1.74. The van der Waals surface area contributed by atoms with Gasteiger partial charge in [-0.3, -0.25) is 14.4 Å². The molecule has 0 bridgehead atoms. The highest BCUT2D eigenvalue weighted by molar-refractivity contribution is 5.99. The van der Waals surface area contributed by atoms with Gasteiger partial charge in [0.15, 0.2) is 0 Å². The summed E-state index contributed by atoms with van der Waals surface area (Å²) in [6.07, 6.45) is 11.1. The lowest BCUT2D eigenvalue weighted by Crippen LogP contribution is -2.56. The topological polar surface area (TPSA) is 90.4 Å². The van der Waals surface area contributed by atoms with Crippen LogP contribution in [0.2, 0.25) is 0 Å². The number of aliphatic hydroxyl groups is 1. The minimum Gasteiger partial charge on any atom is -0.396 e. The third-order valence-electron chi connectivity index (χ3n) is 7.69. The third-order valence-corrected chi connectivity index (χ3v) is 7.69. The molecule has 182 valence electrons. The van der Waals surface area contributed by atoms with E-state index in [1.54, 1.807) is 16.8 Å². The molecule has 2 fully saturated rings. The van der Waals surface area contributed by atoms with Crippen molar-refractivity contribution in [2.45, 2.75) is 69.7 Å². The van der Waals surface area contributed by atoms with E-state index in [4.69, 9.17) is 9.84 Å². The molecule has 6 atom stereocenters. The van der Waals surface area contributed by atoms with Crippen LogP contribution in [0, 0.1) is 11.8 Å². The lowest BCUT2D eigenvalue weighted by Gasteiger charge is -2.37. The molecule has 33 heavy (non-hydrogen) atoms. The summed E-state index contributed by atoms with van der Waals surface area (Å²) in [6.45, 7) is 5.62. The number of aliphatic hydroxyl groups excluding tert-OH is 1. The third kappa shape index (κ3) is 3.91. The number of fused-ring (bicyclic) bond motifs is 2. The van der Waals surface area contributed by atoms with Crippen LogP contribution in [0.25, 0.3) is 0 Å². The van der Waals surface area contributed by atoms with E-state index in [1.807, 2.05) is 36.1 Å². The van der Waals surface area contributed by atoms with Crippen molar-refractivity contribution in [3.05, 3.63) is 24.3 Å². The fourth-order valence-electron chi connectivity index (χ4n) is 6.06. The SMILES string of the molecule is CCCC(C)N1CC=C[C@]23O[C@@H]4C=CCN(C)C(=O)[C@@H]4[C@H]2C(=O)N(CCCCCO)C3C1=O. The van der Waals surface area contributed by atoms with E-state index in [0.717, 1.165) is 19.3 Å². The lowest BCUT2D eigenvalue weighted by molar-refractivity contribution is -0.149. The van der Waals surface area contributed by atoms with Crippen LogP contribution in [-0.4, -0.2) is 94.6 Å². The van der Waals surface area contributed by atoms with Crippen LogP contribution in [0.5, 0.6) is 0 Å². The molecule has 4 aliphatic heterocycles. The Morgan fingerprint density at radius 1 is 1.12 bits per heavy atom. The summed E-state index contributed by atoms with van der Waals surface area (Å²) in [4.78, 5) is 46.4. The predicted molar refractivity (Wildman–Crippen MR) is 123 cm³/mol. The van der Waals surface area contributed by atoms with Gasteiger partial charge in [0.1, 0.15) is 11.6 Å². The number of hydrogen-bond acceptors (Lipinski definition) is 5. The zero-order valence-corrected chi connectivity index (χ0v) is 20.0. The van der Waals surface area contributed by atoms with Gasteiger partial charge < -0.3 is 24.5 Å². The molecule has 3 amide bonds. The van der Waals surface area contributed by atoms with E-state index in [2.05, 4.69) is 6.92 Å². The lowest BCUT2D eigenvalue weighted by atomic mass is 9.77. The van der Waals surface area contributed by atoms with Crippen molar-refractivity contribution in [2.75, 3.05) is 33.3 Å². The van der Waals surface area contributed by atoms with Crippen LogP contribution in [0.1, 0.15) is 46.0 Å². The summed E-state index contributed by atoms with van der Waals surface area (Å²) < 4.78 is 6.58. The van der Waals surface area contributed by atoms with Crippen molar-refractivity contribution in [1.82, 2.24) is 14.7 Å². The maximum Gasteiger partial charge on any atom is 0.249 e. The Hall–Kier alpha value is -2.19. The molecule has 8 nitrogen and oxygen atoms in total. The molecule has 0 saturated carbocycles. The molecular weight excluding hydrogens is 422 g/mol. The van der Waals surface area contributed by atoms with E-state index < -0.39 is 29.6 Å². The molecule has 0 aromatic heterocycles. The summed E-state index contributed by atoms with van der Waals surface area (Å²) in [5.74, 6) is -1.73. The molecule has 0 aromatic carbocycles. The Morgan fingerprint density at radius 2 is 1.91 bits per heavy atom. The molecule has 4 heterocycles. The van der Waals surface area contributed by atoms with E-state index in [0.29, 0.717) is 32.5 Å². The minimum absolute atomic E-state index is 0.0484. The second-order valence-corrected chi connectivity index (χ2v) is 9.84. The maximum atomic E-state index is 14.0. The number of rotatable bonds is 8. The van der Waals surface area contributed by atoms with Crippen LogP contribution in [0.4, 0.5) is 0 Å². The van der Waals surface area contributed by atoms with Crippen molar-refractivity contribution in [3.63, 3.8) is 0 Å². The van der Waals surface area contributed by atoms with Gasteiger partial charge in [-0.2, -0.15) is 0 Å².